The molecule has 98 valence electrons. The standard InChI is InChI=1S/C10H13N3O3S2/c1-3-18(15,16)13(2)6-8-11-7-4-5-17-9(7)10(14)12-8/h4-5H,3,6H2,1-2H3,(H,11,12,14). The van der Waals surface area contributed by atoms with Gasteiger partial charge in [0.25, 0.3) is 5.56 Å². The van der Waals surface area contributed by atoms with E-state index in [-0.39, 0.29) is 17.9 Å². The molecule has 0 saturated carbocycles. The summed E-state index contributed by atoms with van der Waals surface area (Å²) in [5.74, 6) is 0.374. The minimum absolute atomic E-state index is 0.0222. The van der Waals surface area contributed by atoms with Crippen LogP contribution in [0.4, 0.5) is 0 Å². The molecule has 0 radical (unpaired) electrons. The Hall–Kier alpha value is -1.25. The van der Waals surface area contributed by atoms with Crippen molar-refractivity contribution in [2.45, 2.75) is 13.5 Å². The zero-order valence-corrected chi connectivity index (χ0v) is 11.6. The van der Waals surface area contributed by atoms with Gasteiger partial charge in [0.05, 0.1) is 17.8 Å². The number of nitrogens with one attached hydrogen (secondary N) is 1. The molecular weight excluding hydrogens is 274 g/mol. The van der Waals surface area contributed by atoms with Gasteiger partial charge in [0.15, 0.2) is 0 Å². The monoisotopic (exact) mass is 287 g/mol. The number of sulfonamides is 1. The number of hydrogen-bond donors (Lipinski definition) is 1. The van der Waals surface area contributed by atoms with E-state index in [9.17, 15) is 13.2 Å². The lowest BCUT2D eigenvalue weighted by atomic mass is 10.4. The van der Waals surface area contributed by atoms with Crippen LogP contribution in [-0.4, -0.2) is 35.5 Å². The maximum Gasteiger partial charge on any atom is 0.268 e. The lowest BCUT2D eigenvalue weighted by Crippen LogP contribution is -2.29. The van der Waals surface area contributed by atoms with Crippen molar-refractivity contribution in [2.75, 3.05) is 12.8 Å². The number of H-pyrrole nitrogens is 1. The van der Waals surface area contributed by atoms with Gasteiger partial charge in [-0.25, -0.2) is 13.4 Å². The zero-order valence-electron chi connectivity index (χ0n) is 10.0. The van der Waals surface area contributed by atoms with Crippen LogP contribution in [0.15, 0.2) is 16.2 Å². The van der Waals surface area contributed by atoms with Crippen molar-refractivity contribution in [1.82, 2.24) is 14.3 Å². The van der Waals surface area contributed by atoms with Gasteiger partial charge in [-0.2, -0.15) is 4.31 Å². The second-order valence-electron chi connectivity index (χ2n) is 3.80. The first-order valence-corrected chi connectivity index (χ1v) is 7.83. The highest BCUT2D eigenvalue weighted by molar-refractivity contribution is 7.89. The normalized spacial score (nSPS) is 12.4. The minimum Gasteiger partial charge on any atom is -0.308 e. The average molecular weight is 287 g/mol. The summed E-state index contributed by atoms with van der Waals surface area (Å²) in [5, 5.41) is 1.78. The number of aromatic amines is 1. The van der Waals surface area contributed by atoms with Gasteiger partial charge in [0.1, 0.15) is 10.5 Å². The van der Waals surface area contributed by atoms with Gasteiger partial charge in [-0.05, 0) is 18.4 Å². The summed E-state index contributed by atoms with van der Waals surface area (Å²) in [6.07, 6.45) is 0. The second-order valence-corrected chi connectivity index (χ2v) is 7.08. The van der Waals surface area contributed by atoms with E-state index in [4.69, 9.17) is 0 Å². The van der Waals surface area contributed by atoms with Gasteiger partial charge in [0.2, 0.25) is 10.0 Å². The number of fused-ring (bicyclic) bond motifs is 1. The number of aromatic nitrogens is 2. The summed E-state index contributed by atoms with van der Waals surface area (Å²) < 4.78 is 25.0. The van der Waals surface area contributed by atoms with Crippen molar-refractivity contribution in [3.8, 4) is 0 Å². The van der Waals surface area contributed by atoms with Crippen LogP contribution in [0.1, 0.15) is 12.7 Å². The molecule has 0 aliphatic carbocycles. The third-order valence-electron chi connectivity index (χ3n) is 2.58. The predicted octanol–water partition coefficient (Wildman–Crippen LogP) is 0.766. The van der Waals surface area contributed by atoms with Gasteiger partial charge in [-0.1, -0.05) is 0 Å². The number of hydrogen-bond acceptors (Lipinski definition) is 5. The molecule has 0 aliphatic heterocycles. The Morgan fingerprint density at radius 2 is 2.22 bits per heavy atom. The fourth-order valence-corrected chi connectivity index (χ4v) is 3.01. The number of nitrogens with zero attached hydrogens (tertiary/aromatic N) is 2. The Balaban J connectivity index is 2.35. The van der Waals surface area contributed by atoms with Crippen LogP contribution in [-0.2, 0) is 16.6 Å². The van der Waals surface area contributed by atoms with Gasteiger partial charge < -0.3 is 4.98 Å². The first-order chi connectivity index (χ1) is 8.44. The molecule has 2 aromatic heterocycles. The molecule has 0 fully saturated rings. The van der Waals surface area contributed by atoms with Crippen LogP contribution in [0.5, 0.6) is 0 Å². The quantitative estimate of drug-likeness (QED) is 0.900. The molecule has 2 heterocycles. The van der Waals surface area contributed by atoms with Gasteiger partial charge >= 0.3 is 0 Å². The SMILES string of the molecule is CCS(=O)(=O)N(C)Cc1nc2ccsc2c(=O)[nH]1. The Morgan fingerprint density at radius 1 is 1.50 bits per heavy atom. The first-order valence-electron chi connectivity index (χ1n) is 5.34. The van der Waals surface area contributed by atoms with E-state index in [0.717, 1.165) is 0 Å². The van der Waals surface area contributed by atoms with Crippen LogP contribution >= 0.6 is 11.3 Å². The zero-order chi connectivity index (χ0) is 13.3. The van der Waals surface area contributed by atoms with E-state index in [2.05, 4.69) is 9.97 Å². The first kappa shape index (κ1) is 13.2. The Bertz CT molecular complexity index is 717. The Morgan fingerprint density at radius 3 is 2.89 bits per heavy atom. The maximum absolute atomic E-state index is 11.7. The summed E-state index contributed by atoms with van der Waals surface area (Å²) in [6.45, 7) is 1.64. The molecule has 0 bridgehead atoms. The lowest BCUT2D eigenvalue weighted by Gasteiger charge is -2.14. The van der Waals surface area contributed by atoms with E-state index in [1.807, 2.05) is 0 Å². The average Bonchev–Trinajstić information content (AvgIpc) is 2.77. The van der Waals surface area contributed by atoms with E-state index < -0.39 is 10.0 Å². The highest BCUT2D eigenvalue weighted by Gasteiger charge is 2.17. The number of thiophene rings is 1. The van der Waals surface area contributed by atoms with Crippen LogP contribution < -0.4 is 5.56 Å². The molecule has 18 heavy (non-hydrogen) atoms. The lowest BCUT2D eigenvalue weighted by molar-refractivity contribution is 0.458. The highest BCUT2D eigenvalue weighted by atomic mass is 32.2. The fraction of sp³-hybridized carbons (Fsp3) is 0.400. The fourth-order valence-electron chi connectivity index (χ4n) is 1.53. The molecule has 2 rings (SSSR count). The summed E-state index contributed by atoms with van der Waals surface area (Å²) >= 11 is 1.31. The molecule has 0 unspecified atom stereocenters. The summed E-state index contributed by atoms with van der Waals surface area (Å²) in [4.78, 5) is 18.5. The Labute approximate surface area is 108 Å². The topological polar surface area (TPSA) is 83.1 Å². The molecule has 6 nitrogen and oxygen atoms in total. The van der Waals surface area contributed by atoms with Crippen LogP contribution in [0.2, 0.25) is 0 Å². The van der Waals surface area contributed by atoms with E-state index >= 15 is 0 Å². The second kappa shape index (κ2) is 4.79. The highest BCUT2D eigenvalue weighted by Crippen LogP contribution is 2.14. The third-order valence-corrected chi connectivity index (χ3v) is 5.29. The molecule has 0 spiro atoms. The van der Waals surface area contributed by atoms with E-state index in [1.54, 1.807) is 18.4 Å². The number of rotatable bonds is 4. The van der Waals surface area contributed by atoms with Crippen molar-refractivity contribution < 1.29 is 8.42 Å². The molecule has 0 saturated heterocycles. The molecule has 1 N–H and O–H groups in total. The molecular formula is C10H13N3O3S2. The molecule has 8 heteroatoms. The summed E-state index contributed by atoms with van der Waals surface area (Å²) in [5.41, 5.74) is 0.369. The van der Waals surface area contributed by atoms with Crippen LogP contribution in [0.25, 0.3) is 10.2 Å². The van der Waals surface area contributed by atoms with E-state index in [1.165, 1.54) is 22.7 Å². The largest absolute Gasteiger partial charge is 0.308 e. The van der Waals surface area contributed by atoms with Crippen molar-refractivity contribution >= 4 is 31.6 Å². The van der Waals surface area contributed by atoms with Gasteiger partial charge in [-0.15, -0.1) is 11.3 Å². The molecule has 0 atom stereocenters. The van der Waals surface area contributed by atoms with Crippen LogP contribution in [0, 0.1) is 0 Å². The van der Waals surface area contributed by atoms with Gasteiger partial charge in [-0.3, -0.25) is 4.79 Å². The third kappa shape index (κ3) is 2.45. The molecule has 0 aliphatic rings. The summed E-state index contributed by atoms with van der Waals surface area (Å²) in [7, 11) is -1.81. The minimum atomic E-state index is -3.28. The van der Waals surface area contributed by atoms with Crippen LogP contribution in [0.3, 0.4) is 0 Å². The maximum atomic E-state index is 11.7. The smallest absolute Gasteiger partial charge is 0.268 e. The van der Waals surface area contributed by atoms with Crippen molar-refractivity contribution in [2.24, 2.45) is 0 Å². The molecule has 2 aromatic rings. The molecule has 0 amide bonds. The predicted molar refractivity (Wildman–Crippen MR) is 71.2 cm³/mol. The Kier molecular flexibility index (Phi) is 3.51. The van der Waals surface area contributed by atoms with Crippen molar-refractivity contribution in [1.29, 1.82) is 0 Å². The summed E-state index contributed by atoms with van der Waals surface area (Å²) in [6, 6.07) is 1.74. The molecule has 0 aromatic carbocycles. The van der Waals surface area contributed by atoms with Gasteiger partial charge in [0, 0.05) is 7.05 Å². The van der Waals surface area contributed by atoms with E-state index in [0.29, 0.717) is 16.0 Å². The van der Waals surface area contributed by atoms with Crippen molar-refractivity contribution in [3.63, 3.8) is 0 Å². The van der Waals surface area contributed by atoms with Crippen molar-refractivity contribution in [3.05, 3.63) is 27.6 Å².